The number of hydrogen-bond donors (Lipinski definition) is 2. The number of unbranched alkanes of at least 4 members (excludes halogenated alkanes) is 3. The lowest BCUT2D eigenvalue weighted by Crippen LogP contribution is -2.39. The Morgan fingerprint density at radius 2 is 1.92 bits per heavy atom. The molecule has 3 N–H and O–H groups in total. The number of aryl methyl sites for hydroxylation is 1. The Hall–Kier alpha value is -1.98. The highest BCUT2D eigenvalue weighted by Crippen LogP contribution is 2.25. The molecule has 5 nitrogen and oxygen atoms in total. The average molecular weight is 330 g/mol. The number of aliphatic hydroxyl groups is 1. The van der Waals surface area contributed by atoms with Crippen molar-refractivity contribution in [3.63, 3.8) is 0 Å². The zero-order valence-electron chi connectivity index (χ0n) is 14.2. The minimum Gasteiger partial charge on any atom is -0.373 e. The largest absolute Gasteiger partial charge is 0.373 e. The van der Waals surface area contributed by atoms with Crippen molar-refractivity contribution in [3.05, 3.63) is 41.0 Å². The van der Waals surface area contributed by atoms with Crippen molar-refractivity contribution in [2.24, 2.45) is 5.73 Å². The number of aliphatic hydroxyl groups excluding tert-OH is 1. The fourth-order valence-electron chi connectivity index (χ4n) is 2.90. The van der Waals surface area contributed by atoms with Gasteiger partial charge < -0.3 is 10.8 Å². The highest BCUT2D eigenvalue weighted by Gasteiger charge is 2.37. The number of nitrogens with zero attached hydrogens (tertiary/aromatic N) is 1. The molecule has 1 aliphatic rings. The Morgan fingerprint density at radius 1 is 1.21 bits per heavy atom. The third-order valence-corrected chi connectivity index (χ3v) is 4.34. The number of benzene rings is 1. The number of carbonyl (C=O) groups is 2. The lowest BCUT2D eigenvalue weighted by atomic mass is 10.1. The monoisotopic (exact) mass is 330 g/mol. The van der Waals surface area contributed by atoms with Gasteiger partial charge in [-0.05, 0) is 49.9 Å². The molecule has 1 aromatic carbocycles. The summed E-state index contributed by atoms with van der Waals surface area (Å²) in [6.07, 6.45) is 4.86. The van der Waals surface area contributed by atoms with E-state index in [1.165, 1.54) is 0 Å². The van der Waals surface area contributed by atoms with Gasteiger partial charge in [-0.1, -0.05) is 37.1 Å². The number of rotatable bonds is 8. The van der Waals surface area contributed by atoms with Crippen molar-refractivity contribution in [2.75, 3.05) is 6.54 Å². The van der Waals surface area contributed by atoms with Crippen LogP contribution in [0.2, 0.25) is 0 Å². The van der Waals surface area contributed by atoms with E-state index in [4.69, 9.17) is 5.73 Å². The number of nitrogens with two attached hydrogens (primary N) is 1. The molecule has 0 spiro atoms. The van der Waals surface area contributed by atoms with E-state index in [-0.39, 0.29) is 18.2 Å². The molecule has 1 atom stereocenters. The summed E-state index contributed by atoms with van der Waals surface area (Å²) in [7, 11) is 0. The molecule has 1 aromatic rings. The van der Waals surface area contributed by atoms with Gasteiger partial charge in [-0.2, -0.15) is 0 Å². The van der Waals surface area contributed by atoms with Crippen LogP contribution in [0.4, 0.5) is 0 Å². The summed E-state index contributed by atoms with van der Waals surface area (Å²) < 4.78 is 0. The third kappa shape index (κ3) is 4.52. The Morgan fingerprint density at radius 3 is 2.62 bits per heavy atom. The summed E-state index contributed by atoms with van der Waals surface area (Å²) in [6.45, 7) is 2.63. The van der Waals surface area contributed by atoms with Gasteiger partial charge in [0.25, 0.3) is 5.91 Å². The van der Waals surface area contributed by atoms with Crippen LogP contribution < -0.4 is 5.73 Å². The number of likely N-dealkylation sites (tertiary alicyclic amines) is 1. The van der Waals surface area contributed by atoms with Crippen molar-refractivity contribution < 1.29 is 14.7 Å². The van der Waals surface area contributed by atoms with Gasteiger partial charge in [-0.15, -0.1) is 0 Å². The quantitative estimate of drug-likeness (QED) is 0.435. The summed E-state index contributed by atoms with van der Waals surface area (Å²) in [4.78, 5) is 25.6. The van der Waals surface area contributed by atoms with E-state index in [1.807, 2.05) is 31.2 Å². The Bertz CT molecular complexity index is 625. The first-order chi connectivity index (χ1) is 11.5. The molecule has 1 saturated heterocycles. The average Bonchev–Trinajstić information content (AvgIpc) is 2.83. The molecule has 5 heteroatoms. The summed E-state index contributed by atoms with van der Waals surface area (Å²) in [5.41, 5.74) is 7.85. The van der Waals surface area contributed by atoms with Crippen molar-refractivity contribution >= 4 is 17.9 Å². The minimum atomic E-state index is -1.04. The summed E-state index contributed by atoms with van der Waals surface area (Å²) in [5.74, 6) is -0.702. The second kappa shape index (κ2) is 8.76. The van der Waals surface area contributed by atoms with Crippen molar-refractivity contribution in [1.82, 2.24) is 4.90 Å². The van der Waals surface area contributed by atoms with Gasteiger partial charge >= 0.3 is 0 Å². The highest BCUT2D eigenvalue weighted by atomic mass is 16.3. The van der Waals surface area contributed by atoms with Crippen LogP contribution in [0.5, 0.6) is 0 Å². The van der Waals surface area contributed by atoms with Crippen molar-refractivity contribution in [1.29, 1.82) is 0 Å². The molecule has 0 aliphatic carbocycles. The van der Waals surface area contributed by atoms with Gasteiger partial charge in [0, 0.05) is 5.57 Å². The molecular formula is C19H26N2O3. The fourth-order valence-corrected chi connectivity index (χ4v) is 2.90. The first-order valence-electron chi connectivity index (χ1n) is 8.55. The van der Waals surface area contributed by atoms with E-state index < -0.39 is 6.23 Å². The molecular weight excluding hydrogens is 304 g/mol. The van der Waals surface area contributed by atoms with Crippen LogP contribution >= 0.6 is 0 Å². The molecule has 130 valence electrons. The minimum absolute atomic E-state index is 0.0530. The summed E-state index contributed by atoms with van der Waals surface area (Å²) in [5, 5.41) is 10.2. The van der Waals surface area contributed by atoms with E-state index >= 15 is 0 Å². The van der Waals surface area contributed by atoms with Crippen molar-refractivity contribution in [2.45, 2.75) is 51.7 Å². The molecule has 1 fully saturated rings. The maximum atomic E-state index is 12.5. The molecule has 2 rings (SSSR count). The zero-order chi connectivity index (χ0) is 17.5. The van der Waals surface area contributed by atoms with E-state index in [0.29, 0.717) is 18.5 Å². The number of amides is 2. The van der Waals surface area contributed by atoms with Crippen LogP contribution in [-0.2, 0) is 9.59 Å². The maximum Gasteiger partial charge on any atom is 0.259 e. The first-order valence-corrected chi connectivity index (χ1v) is 8.55. The zero-order valence-corrected chi connectivity index (χ0v) is 14.2. The molecule has 0 radical (unpaired) electrons. The molecule has 1 unspecified atom stereocenters. The topological polar surface area (TPSA) is 83.6 Å². The summed E-state index contributed by atoms with van der Waals surface area (Å²) >= 11 is 0. The second-order valence-corrected chi connectivity index (χ2v) is 6.24. The van der Waals surface area contributed by atoms with Crippen LogP contribution in [0.25, 0.3) is 6.08 Å². The predicted octanol–water partition coefficient (Wildman–Crippen LogP) is 2.36. The third-order valence-electron chi connectivity index (χ3n) is 4.34. The normalized spacial score (nSPS) is 17.8. The van der Waals surface area contributed by atoms with Gasteiger partial charge in [0.1, 0.15) is 6.23 Å². The van der Waals surface area contributed by atoms with E-state index in [9.17, 15) is 14.7 Å². The predicted molar refractivity (Wildman–Crippen MR) is 93.8 cm³/mol. The number of hydrogen-bond acceptors (Lipinski definition) is 4. The molecule has 0 aromatic heterocycles. The molecule has 0 saturated carbocycles. The van der Waals surface area contributed by atoms with Crippen LogP contribution in [0.15, 0.2) is 29.8 Å². The highest BCUT2D eigenvalue weighted by molar-refractivity contribution is 6.15. The van der Waals surface area contributed by atoms with Gasteiger partial charge in [-0.25, -0.2) is 0 Å². The fraction of sp³-hybridized carbons (Fsp3) is 0.474. The Kier molecular flexibility index (Phi) is 6.70. The Labute approximate surface area is 143 Å². The van der Waals surface area contributed by atoms with Crippen LogP contribution in [0.3, 0.4) is 0 Å². The standard InChI is InChI=1S/C19H26N2O3/c1-14-8-5-6-9-15(14)12-16-13-18(23)21(19(16)24)17(22)10-4-2-3-7-11-20/h5-6,8-9,12,17,22H,2-4,7,10-11,13,20H2,1H3/b16-12+. The van der Waals surface area contributed by atoms with Crippen LogP contribution in [0, 0.1) is 6.92 Å². The maximum absolute atomic E-state index is 12.5. The number of carbonyl (C=O) groups excluding carboxylic acids is 2. The first kappa shape index (κ1) is 18.4. The molecule has 1 aliphatic heterocycles. The lowest BCUT2D eigenvalue weighted by Gasteiger charge is -2.20. The number of imide groups is 1. The Balaban J connectivity index is 1.99. The smallest absolute Gasteiger partial charge is 0.259 e. The molecule has 0 bridgehead atoms. The van der Waals surface area contributed by atoms with Crippen LogP contribution in [-0.4, -0.2) is 34.6 Å². The van der Waals surface area contributed by atoms with E-state index in [1.54, 1.807) is 6.08 Å². The van der Waals surface area contributed by atoms with Gasteiger partial charge in [0.15, 0.2) is 0 Å². The lowest BCUT2D eigenvalue weighted by molar-refractivity contribution is -0.148. The second-order valence-electron chi connectivity index (χ2n) is 6.24. The van der Waals surface area contributed by atoms with E-state index in [2.05, 4.69) is 0 Å². The molecule has 2 amide bonds. The van der Waals surface area contributed by atoms with Crippen molar-refractivity contribution in [3.8, 4) is 0 Å². The molecule has 24 heavy (non-hydrogen) atoms. The SMILES string of the molecule is Cc1ccccc1/C=C1\CC(=O)N(C(O)CCCCCCN)C1=O. The molecule has 1 heterocycles. The van der Waals surface area contributed by atoms with Gasteiger partial charge in [0.05, 0.1) is 6.42 Å². The van der Waals surface area contributed by atoms with Gasteiger partial charge in [-0.3, -0.25) is 14.5 Å². The van der Waals surface area contributed by atoms with Gasteiger partial charge in [0.2, 0.25) is 5.91 Å². The summed E-state index contributed by atoms with van der Waals surface area (Å²) in [6, 6.07) is 7.70. The van der Waals surface area contributed by atoms with E-state index in [0.717, 1.165) is 41.7 Å². The van der Waals surface area contributed by atoms with Crippen LogP contribution in [0.1, 0.15) is 49.7 Å².